The normalized spacial score (nSPS) is 10.7. The highest BCUT2D eigenvalue weighted by Gasteiger charge is 2.15. The van der Waals surface area contributed by atoms with Crippen LogP contribution in [0.25, 0.3) is 21.8 Å². The maximum atomic E-state index is 13.0. The molecule has 0 saturated heterocycles. The zero-order valence-corrected chi connectivity index (χ0v) is 16.0. The third-order valence-electron chi connectivity index (χ3n) is 4.23. The molecule has 4 aromatic rings. The van der Waals surface area contributed by atoms with Crippen molar-refractivity contribution in [2.24, 2.45) is 0 Å². The summed E-state index contributed by atoms with van der Waals surface area (Å²) >= 11 is 1.49. The molecule has 1 amide bonds. The van der Waals surface area contributed by atoms with Crippen LogP contribution in [-0.2, 0) is 11.2 Å². The summed E-state index contributed by atoms with van der Waals surface area (Å²) in [5, 5.41) is 14.2. The number of anilines is 1. The molecule has 2 heterocycles. The molecular weight excluding hydrogens is 389 g/mol. The second kappa shape index (κ2) is 8.20. The highest BCUT2D eigenvalue weighted by atomic mass is 32.1. The predicted molar refractivity (Wildman–Crippen MR) is 111 cm³/mol. The van der Waals surface area contributed by atoms with Gasteiger partial charge in [-0.2, -0.15) is 0 Å². The molecule has 0 saturated carbocycles. The van der Waals surface area contributed by atoms with Crippen molar-refractivity contribution in [1.82, 2.24) is 9.97 Å². The number of nitrogens with one attached hydrogen (secondary N) is 1. The third-order valence-corrected chi connectivity index (χ3v) is 5.10. The monoisotopic (exact) mass is 405 g/mol. The van der Waals surface area contributed by atoms with Gasteiger partial charge in [-0.1, -0.05) is 18.2 Å². The van der Waals surface area contributed by atoms with Crippen LogP contribution < -0.4 is 5.32 Å². The van der Waals surface area contributed by atoms with Crippen LogP contribution in [0.3, 0.4) is 0 Å². The molecule has 0 atom stereocenters. The van der Waals surface area contributed by atoms with Gasteiger partial charge in [0.2, 0.25) is 5.91 Å². The van der Waals surface area contributed by atoms with Crippen LogP contribution in [0.4, 0.5) is 10.2 Å². The topological polar surface area (TPSA) is 75.1 Å². The number of hydrogen-bond acceptors (Lipinski definition) is 5. The van der Waals surface area contributed by atoms with Gasteiger partial charge in [-0.25, -0.2) is 14.4 Å². The second-order valence-corrected chi connectivity index (χ2v) is 7.28. The number of thiophene rings is 1. The van der Waals surface area contributed by atoms with Crippen molar-refractivity contribution in [3.05, 3.63) is 83.6 Å². The van der Waals surface area contributed by atoms with Crippen LogP contribution in [0.2, 0.25) is 0 Å². The Balaban J connectivity index is 1.62. The van der Waals surface area contributed by atoms with Crippen LogP contribution in [0.1, 0.15) is 5.56 Å². The molecule has 0 aliphatic heterocycles. The van der Waals surface area contributed by atoms with Gasteiger partial charge in [0.05, 0.1) is 23.2 Å². The van der Waals surface area contributed by atoms with Crippen molar-refractivity contribution >= 4 is 23.1 Å². The van der Waals surface area contributed by atoms with Crippen LogP contribution >= 0.6 is 11.3 Å². The summed E-state index contributed by atoms with van der Waals surface area (Å²) in [4.78, 5) is 22.5. The van der Waals surface area contributed by atoms with E-state index in [1.54, 1.807) is 42.6 Å². The minimum Gasteiger partial charge on any atom is -0.508 e. The Morgan fingerprint density at radius 3 is 2.52 bits per heavy atom. The number of carbonyl (C=O) groups is 1. The van der Waals surface area contributed by atoms with Gasteiger partial charge in [-0.15, -0.1) is 11.3 Å². The number of rotatable bonds is 5. The Morgan fingerprint density at radius 1 is 1.07 bits per heavy atom. The van der Waals surface area contributed by atoms with Crippen LogP contribution in [0.5, 0.6) is 5.75 Å². The highest BCUT2D eigenvalue weighted by molar-refractivity contribution is 7.13. The summed E-state index contributed by atoms with van der Waals surface area (Å²) in [6, 6.07) is 16.3. The van der Waals surface area contributed by atoms with E-state index in [2.05, 4.69) is 15.3 Å². The molecule has 144 valence electrons. The van der Waals surface area contributed by atoms with E-state index in [0.29, 0.717) is 22.8 Å². The van der Waals surface area contributed by atoms with Gasteiger partial charge in [-0.05, 0) is 53.4 Å². The van der Waals surface area contributed by atoms with Gasteiger partial charge in [0.25, 0.3) is 0 Å². The van der Waals surface area contributed by atoms with E-state index in [9.17, 15) is 14.3 Å². The molecular formula is C22H16FN3O2S. The Hall–Kier alpha value is -3.58. The SMILES string of the molecule is O=C(Cc1ccc(F)cc1)Nc1ncc(-c2ccc(O)cc2)nc1-c1cccs1. The lowest BCUT2D eigenvalue weighted by molar-refractivity contribution is -0.115. The number of amides is 1. The Bertz CT molecular complexity index is 1130. The van der Waals surface area contributed by atoms with Crippen molar-refractivity contribution in [2.75, 3.05) is 5.32 Å². The van der Waals surface area contributed by atoms with Crippen LogP contribution in [0.15, 0.2) is 72.2 Å². The molecule has 2 N–H and O–H groups in total. The lowest BCUT2D eigenvalue weighted by atomic mass is 10.1. The first-order valence-electron chi connectivity index (χ1n) is 8.83. The first kappa shape index (κ1) is 18.8. The van der Waals surface area contributed by atoms with Crippen LogP contribution in [-0.4, -0.2) is 21.0 Å². The summed E-state index contributed by atoms with van der Waals surface area (Å²) in [6.45, 7) is 0. The number of phenolic OH excluding ortho intramolecular Hbond substituents is 1. The fourth-order valence-corrected chi connectivity index (χ4v) is 3.52. The standard InChI is InChI=1S/C22H16FN3O2S/c23-16-7-3-14(4-8-16)12-20(28)26-22-21(19-2-1-11-29-19)25-18(13-24-22)15-5-9-17(27)10-6-15/h1-11,13,27H,12H2,(H,24,26,28). The Morgan fingerprint density at radius 2 is 1.83 bits per heavy atom. The summed E-state index contributed by atoms with van der Waals surface area (Å²) in [7, 11) is 0. The maximum Gasteiger partial charge on any atom is 0.230 e. The molecule has 0 unspecified atom stereocenters. The van der Waals surface area contributed by atoms with Gasteiger partial charge in [0.1, 0.15) is 17.3 Å². The summed E-state index contributed by atoms with van der Waals surface area (Å²) in [5.41, 5.74) is 2.70. The quantitative estimate of drug-likeness (QED) is 0.495. The summed E-state index contributed by atoms with van der Waals surface area (Å²) in [6.07, 6.45) is 1.68. The molecule has 7 heteroatoms. The number of nitrogens with zero attached hydrogens (tertiary/aromatic N) is 2. The minimum absolute atomic E-state index is 0.103. The lowest BCUT2D eigenvalue weighted by Gasteiger charge is -2.11. The fraction of sp³-hybridized carbons (Fsp3) is 0.0455. The van der Waals surface area contributed by atoms with Crippen LogP contribution in [0, 0.1) is 5.82 Å². The van der Waals surface area contributed by atoms with E-state index < -0.39 is 0 Å². The molecule has 29 heavy (non-hydrogen) atoms. The highest BCUT2D eigenvalue weighted by Crippen LogP contribution is 2.31. The summed E-state index contributed by atoms with van der Waals surface area (Å²) < 4.78 is 13.0. The predicted octanol–water partition coefficient (Wildman–Crippen LogP) is 4.90. The molecule has 0 radical (unpaired) electrons. The Labute approximate surface area is 170 Å². The first-order valence-corrected chi connectivity index (χ1v) is 9.71. The van der Waals surface area contributed by atoms with E-state index in [0.717, 1.165) is 10.4 Å². The molecule has 0 bridgehead atoms. The van der Waals surface area contributed by atoms with Gasteiger partial charge >= 0.3 is 0 Å². The zero-order valence-electron chi connectivity index (χ0n) is 15.2. The number of carbonyl (C=O) groups excluding carboxylic acids is 1. The number of aromatic nitrogens is 2. The van der Waals surface area contributed by atoms with Gasteiger partial charge in [-0.3, -0.25) is 4.79 Å². The number of phenols is 1. The third kappa shape index (κ3) is 4.47. The first-order chi connectivity index (χ1) is 14.1. The average Bonchev–Trinajstić information content (AvgIpc) is 3.25. The van der Waals surface area contributed by atoms with Crippen molar-refractivity contribution in [3.8, 4) is 27.6 Å². The van der Waals surface area contributed by atoms with Crippen molar-refractivity contribution in [1.29, 1.82) is 0 Å². The molecule has 0 spiro atoms. The Kier molecular flexibility index (Phi) is 5.31. The fourth-order valence-electron chi connectivity index (χ4n) is 2.80. The zero-order chi connectivity index (χ0) is 20.2. The van der Waals surface area contributed by atoms with E-state index in [4.69, 9.17) is 0 Å². The molecule has 5 nitrogen and oxygen atoms in total. The van der Waals surface area contributed by atoms with E-state index in [-0.39, 0.29) is 23.9 Å². The van der Waals surface area contributed by atoms with Crippen molar-refractivity contribution < 1.29 is 14.3 Å². The van der Waals surface area contributed by atoms with Gasteiger partial charge < -0.3 is 10.4 Å². The average molecular weight is 405 g/mol. The number of halogens is 1. The van der Waals surface area contributed by atoms with E-state index in [1.807, 2.05) is 17.5 Å². The smallest absolute Gasteiger partial charge is 0.230 e. The van der Waals surface area contributed by atoms with E-state index in [1.165, 1.54) is 23.5 Å². The molecule has 0 aliphatic carbocycles. The number of aromatic hydroxyl groups is 1. The molecule has 4 rings (SSSR count). The molecule has 0 fully saturated rings. The number of benzene rings is 2. The maximum absolute atomic E-state index is 13.0. The van der Waals surface area contributed by atoms with Gasteiger partial charge in [0.15, 0.2) is 5.82 Å². The largest absolute Gasteiger partial charge is 0.508 e. The molecule has 2 aromatic heterocycles. The number of hydrogen-bond donors (Lipinski definition) is 2. The van der Waals surface area contributed by atoms with Crippen molar-refractivity contribution in [3.63, 3.8) is 0 Å². The molecule has 2 aromatic carbocycles. The molecule has 0 aliphatic rings. The second-order valence-electron chi connectivity index (χ2n) is 6.33. The summed E-state index contributed by atoms with van der Waals surface area (Å²) in [5.74, 6) is -0.0714. The lowest BCUT2D eigenvalue weighted by Crippen LogP contribution is -2.16. The van der Waals surface area contributed by atoms with Gasteiger partial charge in [0, 0.05) is 5.56 Å². The van der Waals surface area contributed by atoms with E-state index >= 15 is 0 Å². The minimum atomic E-state index is -0.343. The van der Waals surface area contributed by atoms with Crippen molar-refractivity contribution in [2.45, 2.75) is 6.42 Å².